The molecule has 0 fully saturated rings. The zero-order chi connectivity index (χ0) is 13.7. The van der Waals surface area contributed by atoms with E-state index in [1.807, 2.05) is 12.1 Å². The summed E-state index contributed by atoms with van der Waals surface area (Å²) in [6.07, 6.45) is 0. The van der Waals surface area contributed by atoms with Gasteiger partial charge in [-0.15, -0.1) is 0 Å². The first kappa shape index (κ1) is 13.3. The van der Waals surface area contributed by atoms with Crippen LogP contribution in [-0.4, -0.2) is 11.8 Å². The van der Waals surface area contributed by atoms with Crippen molar-refractivity contribution in [3.63, 3.8) is 0 Å². The van der Waals surface area contributed by atoms with Crippen LogP contribution in [0.2, 0.25) is 0 Å². The number of halogens is 1. The van der Waals surface area contributed by atoms with Crippen LogP contribution in [0.25, 0.3) is 0 Å². The van der Waals surface area contributed by atoms with Gasteiger partial charge < -0.3 is 0 Å². The molecule has 2 amide bonds. The average molecular weight is 319 g/mol. The molecule has 0 aliphatic heterocycles. The van der Waals surface area contributed by atoms with Crippen molar-refractivity contribution in [2.45, 2.75) is 0 Å². The molecule has 0 aliphatic rings. The molecule has 96 valence electrons. The van der Waals surface area contributed by atoms with Crippen molar-refractivity contribution < 1.29 is 9.59 Å². The van der Waals surface area contributed by atoms with Crippen molar-refractivity contribution >= 4 is 27.7 Å². The number of benzene rings is 2. The van der Waals surface area contributed by atoms with Crippen LogP contribution in [0.5, 0.6) is 0 Å². The molecular weight excluding hydrogens is 308 g/mol. The highest BCUT2D eigenvalue weighted by atomic mass is 79.9. The summed E-state index contributed by atoms with van der Waals surface area (Å²) in [5, 5.41) is 0. The maximum absolute atomic E-state index is 11.8. The van der Waals surface area contributed by atoms with Crippen molar-refractivity contribution in [2.24, 2.45) is 0 Å². The number of nitrogens with one attached hydrogen (secondary N) is 2. The standard InChI is InChI=1S/C14H11BrN2O2/c15-12-9-5-4-8-11(12)14(19)17-16-13(18)10-6-2-1-3-7-10/h1-9H,(H,16,18)(H,17,19). The fourth-order valence-electron chi connectivity index (χ4n) is 1.49. The van der Waals surface area contributed by atoms with Gasteiger partial charge in [-0.05, 0) is 40.2 Å². The Morgan fingerprint density at radius 3 is 2.05 bits per heavy atom. The molecule has 0 saturated heterocycles. The minimum Gasteiger partial charge on any atom is -0.267 e. The lowest BCUT2D eigenvalue weighted by molar-refractivity contribution is 0.0846. The Morgan fingerprint density at radius 1 is 0.789 bits per heavy atom. The van der Waals surface area contributed by atoms with E-state index in [4.69, 9.17) is 0 Å². The third-order valence-electron chi connectivity index (χ3n) is 2.44. The molecule has 2 aromatic carbocycles. The second-order valence-electron chi connectivity index (χ2n) is 3.75. The van der Waals surface area contributed by atoms with Gasteiger partial charge in [-0.2, -0.15) is 0 Å². The van der Waals surface area contributed by atoms with Gasteiger partial charge in [0.1, 0.15) is 0 Å². The predicted molar refractivity (Wildman–Crippen MR) is 75.5 cm³/mol. The van der Waals surface area contributed by atoms with Crippen LogP contribution in [0.4, 0.5) is 0 Å². The van der Waals surface area contributed by atoms with Gasteiger partial charge in [0.15, 0.2) is 0 Å². The van der Waals surface area contributed by atoms with Crippen LogP contribution in [0, 0.1) is 0 Å². The van der Waals surface area contributed by atoms with E-state index in [1.165, 1.54) is 0 Å². The normalized spacial score (nSPS) is 9.74. The summed E-state index contributed by atoms with van der Waals surface area (Å²) >= 11 is 3.28. The zero-order valence-corrected chi connectivity index (χ0v) is 11.5. The maximum atomic E-state index is 11.8. The van der Waals surface area contributed by atoms with Gasteiger partial charge in [0.05, 0.1) is 5.56 Å². The summed E-state index contributed by atoms with van der Waals surface area (Å²) < 4.78 is 0.668. The summed E-state index contributed by atoms with van der Waals surface area (Å²) in [6.45, 7) is 0. The van der Waals surface area contributed by atoms with Crippen molar-refractivity contribution in [1.82, 2.24) is 10.9 Å². The fraction of sp³-hybridized carbons (Fsp3) is 0. The Labute approximate surface area is 118 Å². The van der Waals surface area contributed by atoms with Gasteiger partial charge >= 0.3 is 0 Å². The molecule has 0 heterocycles. The predicted octanol–water partition coefficient (Wildman–Crippen LogP) is 2.52. The van der Waals surface area contributed by atoms with Crippen LogP contribution in [0.1, 0.15) is 20.7 Å². The van der Waals surface area contributed by atoms with Gasteiger partial charge in [-0.25, -0.2) is 0 Å². The van der Waals surface area contributed by atoms with E-state index in [9.17, 15) is 9.59 Å². The lowest BCUT2D eigenvalue weighted by Gasteiger charge is -2.08. The smallest absolute Gasteiger partial charge is 0.267 e. The molecule has 4 nitrogen and oxygen atoms in total. The lowest BCUT2D eigenvalue weighted by atomic mass is 10.2. The molecule has 5 heteroatoms. The van der Waals surface area contributed by atoms with Crippen molar-refractivity contribution in [2.75, 3.05) is 0 Å². The summed E-state index contributed by atoms with van der Waals surface area (Å²) in [5.74, 6) is -0.738. The third kappa shape index (κ3) is 3.42. The van der Waals surface area contributed by atoms with Crippen LogP contribution >= 0.6 is 15.9 Å². The quantitative estimate of drug-likeness (QED) is 0.836. The van der Waals surface area contributed by atoms with Crippen LogP contribution < -0.4 is 10.9 Å². The largest absolute Gasteiger partial charge is 0.270 e. The molecule has 2 N–H and O–H groups in total. The average Bonchev–Trinajstić information content (AvgIpc) is 2.46. The highest BCUT2D eigenvalue weighted by Gasteiger charge is 2.10. The number of hydrogen-bond acceptors (Lipinski definition) is 2. The van der Waals surface area contributed by atoms with Crippen LogP contribution in [0.15, 0.2) is 59.1 Å². The monoisotopic (exact) mass is 318 g/mol. The second kappa shape index (κ2) is 6.15. The number of hydrogen-bond donors (Lipinski definition) is 2. The summed E-state index contributed by atoms with van der Waals surface area (Å²) in [5.41, 5.74) is 5.67. The second-order valence-corrected chi connectivity index (χ2v) is 4.61. The van der Waals surface area contributed by atoms with E-state index in [0.29, 0.717) is 15.6 Å². The molecule has 2 rings (SSSR count). The first-order valence-corrected chi connectivity index (χ1v) is 6.38. The van der Waals surface area contributed by atoms with Crippen LogP contribution in [0.3, 0.4) is 0 Å². The van der Waals surface area contributed by atoms with Gasteiger partial charge in [0.25, 0.3) is 11.8 Å². The van der Waals surface area contributed by atoms with Gasteiger partial charge in [-0.1, -0.05) is 30.3 Å². The molecule has 0 saturated carbocycles. The molecule has 0 spiro atoms. The Balaban J connectivity index is 1.98. The minimum absolute atomic E-state index is 0.360. The zero-order valence-electron chi connectivity index (χ0n) is 9.89. The van der Waals surface area contributed by atoms with Gasteiger partial charge in [0, 0.05) is 10.0 Å². The summed E-state index contributed by atoms with van der Waals surface area (Å²) in [7, 11) is 0. The number of carbonyl (C=O) groups is 2. The van der Waals surface area contributed by atoms with E-state index >= 15 is 0 Å². The van der Waals surface area contributed by atoms with Gasteiger partial charge in [0.2, 0.25) is 0 Å². The van der Waals surface area contributed by atoms with E-state index in [2.05, 4.69) is 26.8 Å². The molecule has 0 unspecified atom stereocenters. The highest BCUT2D eigenvalue weighted by molar-refractivity contribution is 9.10. The SMILES string of the molecule is O=C(NNC(=O)c1ccccc1Br)c1ccccc1. The molecule has 19 heavy (non-hydrogen) atoms. The van der Waals surface area contributed by atoms with E-state index in [1.54, 1.807) is 42.5 Å². The Hall–Kier alpha value is -2.14. The Kier molecular flexibility index (Phi) is 4.30. The third-order valence-corrected chi connectivity index (χ3v) is 3.14. The van der Waals surface area contributed by atoms with E-state index < -0.39 is 0 Å². The highest BCUT2D eigenvalue weighted by Crippen LogP contribution is 2.15. The first-order valence-electron chi connectivity index (χ1n) is 5.59. The molecule has 0 aliphatic carbocycles. The molecule has 0 atom stereocenters. The maximum Gasteiger partial charge on any atom is 0.270 e. The van der Waals surface area contributed by atoms with Crippen LogP contribution in [-0.2, 0) is 0 Å². The molecule has 2 aromatic rings. The molecule has 0 bridgehead atoms. The molecule has 0 radical (unpaired) electrons. The first-order chi connectivity index (χ1) is 9.18. The fourth-order valence-corrected chi connectivity index (χ4v) is 1.95. The topological polar surface area (TPSA) is 58.2 Å². The van der Waals surface area contributed by atoms with Crippen molar-refractivity contribution in [3.05, 3.63) is 70.2 Å². The number of hydrazine groups is 1. The van der Waals surface area contributed by atoms with E-state index in [-0.39, 0.29) is 11.8 Å². The summed E-state index contributed by atoms with van der Waals surface area (Å²) in [6, 6.07) is 15.6. The molecular formula is C14H11BrN2O2. The minimum atomic E-state index is -0.378. The Morgan fingerprint density at radius 2 is 1.37 bits per heavy atom. The van der Waals surface area contributed by atoms with Gasteiger partial charge in [-0.3, -0.25) is 20.4 Å². The number of rotatable bonds is 2. The summed E-state index contributed by atoms with van der Waals surface area (Å²) in [4.78, 5) is 23.6. The Bertz CT molecular complexity index is 599. The van der Waals surface area contributed by atoms with Crippen molar-refractivity contribution in [3.8, 4) is 0 Å². The molecule has 0 aromatic heterocycles. The lowest BCUT2D eigenvalue weighted by Crippen LogP contribution is -2.41. The van der Waals surface area contributed by atoms with E-state index in [0.717, 1.165) is 0 Å². The van der Waals surface area contributed by atoms with Crippen molar-refractivity contribution in [1.29, 1.82) is 0 Å². The number of amides is 2. The number of carbonyl (C=O) groups excluding carboxylic acids is 2.